The minimum atomic E-state index is -3.51. The third-order valence-corrected chi connectivity index (χ3v) is 11.4. The molecule has 2 aliphatic heterocycles. The standard InChI is InChI=1S/C36H43N5O9S2/c1-35(2,3)50-34(46)39-25-12-9-7-5-6-8-11-21-19-36(21,33(44)45)40-30(42)27-17-22(20-41(27)32(25)43)49-31-29(28-13-10-16-51-28)37-26-18-23(52(4,47)48)14-15-24(26)38-31/h8,10-11,13-16,18,21-22,25,27H,5-7,9,12,17,19-20H2,1-4H3,(H,39,46)(H,40,42)(H,44,45)/b11-8-/t21?,22-,25+,27?,36?/m1/s1. The van der Waals surface area contributed by atoms with Crippen molar-refractivity contribution in [1.82, 2.24) is 25.5 Å². The van der Waals surface area contributed by atoms with Crippen molar-refractivity contribution < 1.29 is 42.2 Å². The average molecular weight is 754 g/mol. The molecule has 3 aliphatic rings. The molecule has 16 heteroatoms. The van der Waals surface area contributed by atoms with E-state index in [1.54, 1.807) is 20.8 Å². The van der Waals surface area contributed by atoms with Gasteiger partial charge in [-0.1, -0.05) is 31.1 Å². The lowest BCUT2D eigenvalue weighted by Gasteiger charge is -2.30. The number of aromatic nitrogens is 2. The lowest BCUT2D eigenvalue weighted by atomic mass is 10.0. The predicted molar refractivity (Wildman–Crippen MR) is 192 cm³/mol. The molecule has 2 aromatic heterocycles. The Morgan fingerprint density at radius 2 is 1.90 bits per heavy atom. The van der Waals surface area contributed by atoms with Crippen LogP contribution in [0, 0.1) is 5.92 Å². The number of carboxylic acid groups (broad SMARTS) is 1. The number of rotatable bonds is 6. The zero-order valence-electron chi connectivity index (χ0n) is 29.5. The molecule has 4 heterocycles. The highest BCUT2D eigenvalue weighted by molar-refractivity contribution is 7.90. The molecule has 3 N–H and O–H groups in total. The molecule has 0 radical (unpaired) electrons. The van der Waals surface area contributed by atoms with E-state index in [0.717, 1.165) is 25.5 Å². The van der Waals surface area contributed by atoms with Gasteiger partial charge in [0, 0.05) is 18.6 Å². The number of carbonyl (C=O) groups is 4. The van der Waals surface area contributed by atoms with Crippen LogP contribution in [-0.2, 0) is 29.0 Å². The van der Waals surface area contributed by atoms with Crippen LogP contribution in [0.4, 0.5) is 4.79 Å². The molecule has 3 amide bonds. The van der Waals surface area contributed by atoms with E-state index in [1.807, 2.05) is 29.7 Å². The monoisotopic (exact) mass is 753 g/mol. The number of carbonyl (C=O) groups excluding carboxylic acids is 3. The van der Waals surface area contributed by atoms with E-state index >= 15 is 0 Å². The van der Waals surface area contributed by atoms with E-state index < -0.39 is 63.0 Å². The fourth-order valence-electron chi connectivity index (χ4n) is 6.66. The smallest absolute Gasteiger partial charge is 0.408 e. The highest BCUT2D eigenvalue weighted by atomic mass is 32.2. The fraction of sp³-hybridized carbons (Fsp3) is 0.500. The summed E-state index contributed by atoms with van der Waals surface area (Å²) in [6.07, 6.45) is 6.78. The molecular weight excluding hydrogens is 711 g/mol. The number of amides is 3. The Kier molecular flexibility index (Phi) is 10.3. The zero-order valence-corrected chi connectivity index (χ0v) is 31.1. The minimum Gasteiger partial charge on any atom is -0.479 e. The molecule has 1 aliphatic carbocycles. The van der Waals surface area contributed by atoms with Gasteiger partial charge in [0.25, 0.3) is 0 Å². The van der Waals surface area contributed by atoms with Crippen molar-refractivity contribution in [3.63, 3.8) is 0 Å². The summed E-state index contributed by atoms with van der Waals surface area (Å²) < 4.78 is 36.5. The topological polar surface area (TPSA) is 194 Å². The summed E-state index contributed by atoms with van der Waals surface area (Å²) in [5, 5.41) is 17.5. The highest BCUT2D eigenvalue weighted by Crippen LogP contribution is 2.45. The zero-order chi connectivity index (χ0) is 37.4. The minimum absolute atomic E-state index is 0.00352. The summed E-state index contributed by atoms with van der Waals surface area (Å²) >= 11 is 1.38. The van der Waals surface area contributed by atoms with Crippen molar-refractivity contribution in [2.75, 3.05) is 12.8 Å². The number of aliphatic carboxylic acids is 1. The van der Waals surface area contributed by atoms with Crippen molar-refractivity contribution >= 4 is 56.1 Å². The quantitative estimate of drug-likeness (QED) is 0.301. The number of hydrogen-bond acceptors (Lipinski definition) is 11. The predicted octanol–water partition coefficient (Wildman–Crippen LogP) is 4.48. The first-order valence-electron chi connectivity index (χ1n) is 17.3. The summed E-state index contributed by atoms with van der Waals surface area (Å²) in [5.74, 6) is -2.57. The van der Waals surface area contributed by atoms with Gasteiger partial charge in [-0.2, -0.15) is 0 Å². The third kappa shape index (κ3) is 8.22. The number of nitrogens with zero attached hydrogens (tertiary/aromatic N) is 3. The summed E-state index contributed by atoms with van der Waals surface area (Å²) in [4.78, 5) is 65.4. The van der Waals surface area contributed by atoms with Crippen molar-refractivity contribution in [1.29, 1.82) is 0 Å². The average Bonchev–Trinajstić information content (AvgIpc) is 3.37. The SMILES string of the molecule is CC(C)(C)OC(=O)N[C@H]1CCCCC/C=C\C2CC2(C(=O)O)NC(=O)C2C[C@@H](Oc3nc4ccc(S(C)(=O)=O)cc4nc3-c3cccs3)CN2C1=O. The fourth-order valence-corrected chi connectivity index (χ4v) is 8.01. The molecule has 3 aromatic rings. The molecule has 1 saturated heterocycles. The van der Waals surface area contributed by atoms with Gasteiger partial charge >= 0.3 is 12.1 Å². The molecule has 52 heavy (non-hydrogen) atoms. The number of benzene rings is 1. The number of sulfone groups is 1. The first kappa shape index (κ1) is 37.2. The van der Waals surface area contributed by atoms with Crippen LogP contribution in [0.2, 0.25) is 0 Å². The number of thiophene rings is 1. The highest BCUT2D eigenvalue weighted by Gasteiger charge is 2.61. The molecule has 5 atom stereocenters. The molecule has 278 valence electrons. The summed E-state index contributed by atoms with van der Waals surface area (Å²) in [5.41, 5.74) is -1.22. The Balaban J connectivity index is 1.35. The number of carboxylic acids is 1. The Hall–Kier alpha value is -4.57. The second-order valence-electron chi connectivity index (χ2n) is 14.6. The Morgan fingerprint density at radius 3 is 2.60 bits per heavy atom. The van der Waals surface area contributed by atoms with Crippen LogP contribution in [0.5, 0.6) is 5.88 Å². The molecule has 1 saturated carbocycles. The lowest BCUT2D eigenvalue weighted by Crippen LogP contribution is -2.56. The maximum absolute atomic E-state index is 14.4. The first-order valence-corrected chi connectivity index (χ1v) is 20.1. The van der Waals surface area contributed by atoms with Gasteiger partial charge in [0.15, 0.2) is 9.84 Å². The number of fused-ring (bicyclic) bond motifs is 3. The molecule has 14 nitrogen and oxygen atoms in total. The van der Waals surface area contributed by atoms with Crippen LogP contribution < -0.4 is 15.4 Å². The van der Waals surface area contributed by atoms with Gasteiger partial charge in [0.1, 0.15) is 35.0 Å². The van der Waals surface area contributed by atoms with Crippen LogP contribution in [0.15, 0.2) is 52.8 Å². The normalized spacial score (nSPS) is 26.3. The number of ether oxygens (including phenoxy) is 2. The van der Waals surface area contributed by atoms with Gasteiger partial charge in [0.2, 0.25) is 17.7 Å². The molecule has 6 rings (SSSR count). The maximum Gasteiger partial charge on any atom is 0.408 e. The summed E-state index contributed by atoms with van der Waals surface area (Å²) in [6.45, 7) is 5.09. The van der Waals surface area contributed by atoms with Crippen LogP contribution in [0.25, 0.3) is 21.6 Å². The van der Waals surface area contributed by atoms with Crippen molar-refractivity contribution in [2.45, 2.75) is 99.9 Å². The summed E-state index contributed by atoms with van der Waals surface area (Å²) in [7, 11) is -3.51. The van der Waals surface area contributed by atoms with Crippen LogP contribution >= 0.6 is 11.3 Å². The Labute approximate surface area is 305 Å². The molecule has 2 fully saturated rings. The van der Waals surface area contributed by atoms with Crippen LogP contribution in [0.3, 0.4) is 0 Å². The van der Waals surface area contributed by atoms with E-state index in [1.165, 1.54) is 34.4 Å². The lowest BCUT2D eigenvalue weighted by molar-refractivity contribution is -0.145. The Bertz CT molecular complexity index is 2010. The molecule has 0 bridgehead atoms. The maximum atomic E-state index is 14.4. The van der Waals surface area contributed by atoms with Gasteiger partial charge in [-0.3, -0.25) is 9.59 Å². The number of alkyl carbamates (subject to hydrolysis) is 1. The van der Waals surface area contributed by atoms with E-state index in [0.29, 0.717) is 34.4 Å². The largest absolute Gasteiger partial charge is 0.479 e. The van der Waals surface area contributed by atoms with Gasteiger partial charge < -0.3 is 30.1 Å². The van der Waals surface area contributed by atoms with Gasteiger partial charge in [-0.15, -0.1) is 11.3 Å². The van der Waals surface area contributed by atoms with E-state index in [2.05, 4.69) is 10.6 Å². The second kappa shape index (κ2) is 14.5. The van der Waals surface area contributed by atoms with E-state index in [4.69, 9.17) is 19.4 Å². The number of nitrogens with one attached hydrogen (secondary N) is 2. The number of hydrogen-bond donors (Lipinski definition) is 3. The van der Waals surface area contributed by atoms with Crippen molar-refractivity contribution in [3.05, 3.63) is 47.9 Å². The second-order valence-corrected chi connectivity index (χ2v) is 17.6. The van der Waals surface area contributed by atoms with Crippen LogP contribution in [-0.4, -0.2) is 94.4 Å². The molecule has 0 spiro atoms. The molecule has 1 aromatic carbocycles. The third-order valence-electron chi connectivity index (χ3n) is 9.38. The Morgan fingerprint density at radius 1 is 1.12 bits per heavy atom. The first-order chi connectivity index (χ1) is 24.5. The van der Waals surface area contributed by atoms with E-state index in [9.17, 15) is 32.7 Å². The van der Waals surface area contributed by atoms with Crippen molar-refractivity contribution in [2.24, 2.45) is 5.92 Å². The van der Waals surface area contributed by atoms with Gasteiger partial charge in [0.05, 0.1) is 27.4 Å². The van der Waals surface area contributed by atoms with Crippen molar-refractivity contribution in [3.8, 4) is 16.5 Å². The van der Waals surface area contributed by atoms with Gasteiger partial charge in [-0.05, 0) is 76.1 Å². The molecular formula is C36H43N5O9S2. The number of allylic oxidation sites excluding steroid dienone is 1. The molecule has 3 unspecified atom stereocenters. The van der Waals surface area contributed by atoms with Crippen LogP contribution in [0.1, 0.15) is 65.7 Å². The van der Waals surface area contributed by atoms with E-state index in [-0.39, 0.29) is 36.1 Å². The summed E-state index contributed by atoms with van der Waals surface area (Å²) in [6, 6.07) is 5.94. The van der Waals surface area contributed by atoms with Gasteiger partial charge in [-0.25, -0.2) is 28.0 Å².